The van der Waals surface area contributed by atoms with Crippen molar-refractivity contribution in [3.05, 3.63) is 62.5 Å². The average molecular weight is 391 g/mol. The molecule has 0 aromatic heterocycles. The molecule has 0 spiro atoms. The van der Waals surface area contributed by atoms with Crippen molar-refractivity contribution in [3.63, 3.8) is 0 Å². The first-order chi connectivity index (χ1) is 8.99. The zero-order valence-electron chi connectivity index (χ0n) is 9.38. The zero-order valence-corrected chi connectivity index (χ0v) is 12.6. The predicted octanol–water partition coefficient (Wildman–Crippen LogP) is 4.74. The molecule has 0 atom stereocenters. The van der Waals surface area contributed by atoms with Crippen LogP contribution in [0.5, 0.6) is 0 Å². The molecule has 0 unspecified atom stereocenters. The van der Waals surface area contributed by atoms with Crippen molar-refractivity contribution in [3.8, 4) is 0 Å². The predicted molar refractivity (Wildman–Crippen MR) is 76.2 cm³/mol. The number of anilines is 1. The number of hydrogen-bond acceptors (Lipinski definition) is 1. The summed E-state index contributed by atoms with van der Waals surface area (Å²) in [5, 5.41) is 2.44. The van der Waals surface area contributed by atoms with Gasteiger partial charge in [0, 0.05) is 10.2 Å². The van der Waals surface area contributed by atoms with E-state index in [-0.39, 0.29) is 15.7 Å². The second-order valence-corrected chi connectivity index (χ2v) is 5.39. The highest BCUT2D eigenvalue weighted by molar-refractivity contribution is 9.10. The van der Waals surface area contributed by atoms with Crippen LogP contribution in [0.3, 0.4) is 0 Å². The van der Waals surface area contributed by atoms with Gasteiger partial charge in [0.05, 0.1) is 10.0 Å². The van der Waals surface area contributed by atoms with Gasteiger partial charge < -0.3 is 5.32 Å². The molecule has 0 heterocycles. The highest BCUT2D eigenvalue weighted by Crippen LogP contribution is 2.23. The van der Waals surface area contributed by atoms with Crippen LogP contribution in [0.4, 0.5) is 14.5 Å². The number of benzene rings is 2. The molecule has 0 saturated heterocycles. The molecule has 0 aliphatic rings. The third-order valence-corrected chi connectivity index (χ3v) is 3.67. The number of amides is 1. The third kappa shape index (κ3) is 3.19. The van der Waals surface area contributed by atoms with Crippen molar-refractivity contribution in [1.29, 1.82) is 0 Å². The van der Waals surface area contributed by atoms with Gasteiger partial charge in [0.2, 0.25) is 0 Å². The van der Waals surface area contributed by atoms with Crippen LogP contribution in [0, 0.1) is 11.6 Å². The summed E-state index contributed by atoms with van der Waals surface area (Å²) in [5.74, 6) is -1.80. The summed E-state index contributed by atoms with van der Waals surface area (Å²) in [5.41, 5.74) is 0.131. The Morgan fingerprint density at radius 1 is 1.00 bits per heavy atom. The SMILES string of the molecule is O=C(Nc1ccc(Br)c(F)c1)c1c(F)cccc1Br. The van der Waals surface area contributed by atoms with Crippen LogP contribution in [-0.4, -0.2) is 5.91 Å². The lowest BCUT2D eigenvalue weighted by Gasteiger charge is -2.08. The monoisotopic (exact) mass is 389 g/mol. The molecule has 19 heavy (non-hydrogen) atoms. The summed E-state index contributed by atoms with van der Waals surface area (Å²) >= 11 is 6.11. The van der Waals surface area contributed by atoms with Gasteiger partial charge in [0.25, 0.3) is 5.91 Å². The fourth-order valence-electron chi connectivity index (χ4n) is 1.48. The summed E-state index contributed by atoms with van der Waals surface area (Å²) in [4.78, 5) is 11.9. The Balaban J connectivity index is 2.28. The van der Waals surface area contributed by atoms with Crippen LogP contribution in [0.25, 0.3) is 0 Å². The molecular formula is C13H7Br2F2NO. The number of nitrogens with one attached hydrogen (secondary N) is 1. The van der Waals surface area contributed by atoms with Crippen LogP contribution in [0.1, 0.15) is 10.4 Å². The maximum Gasteiger partial charge on any atom is 0.259 e. The van der Waals surface area contributed by atoms with E-state index in [0.717, 1.165) is 6.07 Å². The fourth-order valence-corrected chi connectivity index (χ4v) is 2.25. The molecule has 0 radical (unpaired) electrons. The van der Waals surface area contributed by atoms with Gasteiger partial charge in [0.15, 0.2) is 0 Å². The first kappa shape index (κ1) is 14.1. The van der Waals surface area contributed by atoms with E-state index in [1.807, 2.05) is 0 Å². The van der Waals surface area contributed by atoms with Crippen molar-refractivity contribution in [1.82, 2.24) is 0 Å². The highest BCUT2D eigenvalue weighted by Gasteiger charge is 2.15. The van der Waals surface area contributed by atoms with Crippen molar-refractivity contribution in [2.75, 3.05) is 5.32 Å². The summed E-state index contributed by atoms with van der Waals surface area (Å²) in [6, 6.07) is 8.34. The first-order valence-electron chi connectivity index (χ1n) is 5.19. The van der Waals surface area contributed by atoms with Crippen molar-refractivity contribution in [2.45, 2.75) is 0 Å². The zero-order chi connectivity index (χ0) is 14.0. The Morgan fingerprint density at radius 2 is 1.74 bits per heavy atom. The van der Waals surface area contributed by atoms with E-state index in [9.17, 15) is 13.6 Å². The third-order valence-electron chi connectivity index (χ3n) is 2.37. The van der Waals surface area contributed by atoms with E-state index >= 15 is 0 Å². The Kier molecular flexibility index (Phi) is 4.31. The smallest absolute Gasteiger partial charge is 0.259 e. The normalized spacial score (nSPS) is 10.3. The van der Waals surface area contributed by atoms with E-state index < -0.39 is 17.5 Å². The van der Waals surface area contributed by atoms with E-state index in [2.05, 4.69) is 37.2 Å². The minimum Gasteiger partial charge on any atom is -0.322 e. The molecule has 1 N–H and O–H groups in total. The topological polar surface area (TPSA) is 29.1 Å². The molecule has 0 fully saturated rings. The molecule has 0 bridgehead atoms. The van der Waals surface area contributed by atoms with Gasteiger partial charge in [-0.05, 0) is 62.2 Å². The lowest BCUT2D eigenvalue weighted by atomic mass is 10.2. The van der Waals surface area contributed by atoms with Crippen LogP contribution < -0.4 is 5.32 Å². The quantitative estimate of drug-likeness (QED) is 0.788. The van der Waals surface area contributed by atoms with E-state index in [1.54, 1.807) is 6.07 Å². The van der Waals surface area contributed by atoms with E-state index in [1.165, 1.54) is 24.3 Å². The van der Waals surface area contributed by atoms with Gasteiger partial charge in [-0.2, -0.15) is 0 Å². The molecule has 0 aliphatic carbocycles. The summed E-state index contributed by atoms with van der Waals surface area (Å²) in [6.45, 7) is 0. The number of carbonyl (C=O) groups is 1. The summed E-state index contributed by atoms with van der Waals surface area (Å²) in [7, 11) is 0. The minimum absolute atomic E-state index is 0.120. The molecule has 0 aliphatic heterocycles. The van der Waals surface area contributed by atoms with E-state index in [4.69, 9.17) is 0 Å². The molecule has 1 amide bonds. The molecule has 2 rings (SSSR count). The lowest BCUT2D eigenvalue weighted by molar-refractivity contribution is 0.102. The van der Waals surface area contributed by atoms with Crippen LogP contribution in [0.2, 0.25) is 0 Å². The Hall–Kier alpha value is -1.27. The Labute approximate surface area is 125 Å². The number of hydrogen-bond donors (Lipinski definition) is 1. The fraction of sp³-hybridized carbons (Fsp3) is 0. The number of rotatable bonds is 2. The molecule has 0 saturated carbocycles. The maximum absolute atomic E-state index is 13.6. The highest BCUT2D eigenvalue weighted by atomic mass is 79.9. The summed E-state index contributed by atoms with van der Waals surface area (Å²) in [6.07, 6.45) is 0. The molecule has 6 heteroatoms. The van der Waals surface area contributed by atoms with Crippen molar-refractivity contribution < 1.29 is 13.6 Å². The van der Waals surface area contributed by atoms with Gasteiger partial charge in [-0.3, -0.25) is 4.79 Å². The molecular weight excluding hydrogens is 384 g/mol. The average Bonchev–Trinajstić information content (AvgIpc) is 2.33. The van der Waals surface area contributed by atoms with Gasteiger partial charge in [0.1, 0.15) is 11.6 Å². The second-order valence-electron chi connectivity index (χ2n) is 3.68. The van der Waals surface area contributed by atoms with Gasteiger partial charge in [-0.15, -0.1) is 0 Å². The number of carbonyl (C=O) groups excluding carboxylic acids is 1. The van der Waals surface area contributed by atoms with Gasteiger partial charge in [-0.1, -0.05) is 6.07 Å². The number of halogens is 4. The lowest BCUT2D eigenvalue weighted by Crippen LogP contribution is -2.14. The van der Waals surface area contributed by atoms with Gasteiger partial charge >= 0.3 is 0 Å². The van der Waals surface area contributed by atoms with Crippen molar-refractivity contribution >= 4 is 43.5 Å². The van der Waals surface area contributed by atoms with Crippen molar-refractivity contribution in [2.24, 2.45) is 0 Å². The molecule has 2 aromatic rings. The Morgan fingerprint density at radius 3 is 2.37 bits per heavy atom. The van der Waals surface area contributed by atoms with Gasteiger partial charge in [-0.25, -0.2) is 8.78 Å². The molecule has 2 nitrogen and oxygen atoms in total. The van der Waals surface area contributed by atoms with E-state index in [0.29, 0.717) is 4.47 Å². The standard InChI is InChI=1S/C13H7Br2F2NO/c14-8-5-4-7(6-11(8)17)18-13(19)12-9(15)2-1-3-10(12)16/h1-6H,(H,18,19). The largest absolute Gasteiger partial charge is 0.322 e. The molecule has 98 valence electrons. The Bertz CT molecular complexity index is 626. The maximum atomic E-state index is 13.6. The second kappa shape index (κ2) is 5.79. The van der Waals surface area contributed by atoms with Crippen LogP contribution in [0.15, 0.2) is 45.3 Å². The van der Waals surface area contributed by atoms with Crippen LogP contribution >= 0.6 is 31.9 Å². The first-order valence-corrected chi connectivity index (χ1v) is 6.78. The minimum atomic E-state index is -0.649. The van der Waals surface area contributed by atoms with Crippen LogP contribution in [-0.2, 0) is 0 Å². The molecule has 2 aromatic carbocycles. The summed E-state index contributed by atoms with van der Waals surface area (Å²) < 4.78 is 27.5.